The molecule has 0 radical (unpaired) electrons. The second-order valence-corrected chi connectivity index (χ2v) is 6.95. The highest BCUT2D eigenvalue weighted by atomic mass is 16.2. The molecular formula is C16H28N2O2. The Labute approximate surface area is 122 Å². The van der Waals surface area contributed by atoms with E-state index in [1.54, 1.807) is 18.7 Å². The maximum absolute atomic E-state index is 11.9. The first-order chi connectivity index (χ1) is 9.35. The zero-order valence-electron chi connectivity index (χ0n) is 13.3. The van der Waals surface area contributed by atoms with Crippen molar-refractivity contribution >= 4 is 11.8 Å². The summed E-state index contributed by atoms with van der Waals surface area (Å²) in [7, 11) is 1.86. The van der Waals surface area contributed by atoms with Crippen LogP contribution >= 0.6 is 0 Å². The minimum Gasteiger partial charge on any atom is -0.346 e. The quantitative estimate of drug-likeness (QED) is 0.796. The molecule has 3 unspecified atom stereocenters. The Morgan fingerprint density at radius 2 is 1.90 bits per heavy atom. The highest BCUT2D eigenvalue weighted by molar-refractivity contribution is 5.74. The summed E-state index contributed by atoms with van der Waals surface area (Å²) in [5.41, 5.74) is 0.167. The fourth-order valence-electron chi connectivity index (χ4n) is 4.11. The lowest BCUT2D eigenvalue weighted by Crippen LogP contribution is -2.38. The number of likely N-dealkylation sites (tertiary alicyclic amines) is 1. The SMILES string of the molecule is CC(=O)N(C)CCC1(C)CN(C(C)=O)C2CCCCC21. The van der Waals surface area contributed by atoms with Crippen molar-refractivity contribution in [2.24, 2.45) is 11.3 Å². The van der Waals surface area contributed by atoms with E-state index in [1.165, 1.54) is 19.3 Å². The standard InChI is InChI=1S/C16H28N2O2/c1-12(19)17(4)10-9-16(3)11-18(13(2)20)15-8-6-5-7-14(15)16/h14-15H,5-11H2,1-4H3. The molecule has 1 saturated heterocycles. The van der Waals surface area contributed by atoms with Gasteiger partial charge in [0.25, 0.3) is 0 Å². The van der Waals surface area contributed by atoms with Gasteiger partial charge in [-0.25, -0.2) is 0 Å². The van der Waals surface area contributed by atoms with Crippen LogP contribution in [0.2, 0.25) is 0 Å². The van der Waals surface area contributed by atoms with Gasteiger partial charge in [0.05, 0.1) is 0 Å². The van der Waals surface area contributed by atoms with Crippen molar-refractivity contribution in [3.63, 3.8) is 0 Å². The van der Waals surface area contributed by atoms with E-state index in [-0.39, 0.29) is 17.2 Å². The molecule has 2 fully saturated rings. The minimum absolute atomic E-state index is 0.121. The Kier molecular flexibility index (Phi) is 4.40. The smallest absolute Gasteiger partial charge is 0.219 e. The molecule has 0 bridgehead atoms. The molecule has 4 nitrogen and oxygen atoms in total. The number of carbonyl (C=O) groups excluding carboxylic acids is 2. The lowest BCUT2D eigenvalue weighted by Gasteiger charge is -2.36. The summed E-state index contributed by atoms with van der Waals surface area (Å²) in [6.07, 6.45) is 5.91. The molecule has 2 rings (SSSR count). The maximum atomic E-state index is 11.9. The molecule has 0 N–H and O–H groups in total. The van der Waals surface area contributed by atoms with E-state index < -0.39 is 0 Å². The molecule has 0 spiro atoms. The molecule has 2 aliphatic rings. The van der Waals surface area contributed by atoms with E-state index in [9.17, 15) is 9.59 Å². The molecule has 1 aliphatic heterocycles. The van der Waals surface area contributed by atoms with Crippen LogP contribution in [0.3, 0.4) is 0 Å². The summed E-state index contributed by atoms with van der Waals surface area (Å²) >= 11 is 0. The highest BCUT2D eigenvalue weighted by Crippen LogP contribution is 2.49. The number of amides is 2. The average Bonchev–Trinajstić information content (AvgIpc) is 2.71. The Morgan fingerprint density at radius 1 is 1.25 bits per heavy atom. The zero-order valence-corrected chi connectivity index (χ0v) is 13.3. The minimum atomic E-state index is 0.121. The van der Waals surface area contributed by atoms with Gasteiger partial charge in [-0.2, -0.15) is 0 Å². The molecule has 2 amide bonds. The third kappa shape index (κ3) is 2.84. The molecule has 1 aliphatic carbocycles. The van der Waals surface area contributed by atoms with Crippen molar-refractivity contribution in [1.82, 2.24) is 9.80 Å². The fraction of sp³-hybridized carbons (Fsp3) is 0.875. The molecule has 0 aromatic rings. The van der Waals surface area contributed by atoms with Crippen LogP contribution in [-0.4, -0.2) is 47.8 Å². The van der Waals surface area contributed by atoms with Crippen LogP contribution in [-0.2, 0) is 9.59 Å². The Hall–Kier alpha value is -1.06. The molecule has 20 heavy (non-hydrogen) atoms. The van der Waals surface area contributed by atoms with E-state index in [0.717, 1.165) is 25.9 Å². The number of rotatable bonds is 3. The van der Waals surface area contributed by atoms with Crippen LogP contribution in [0, 0.1) is 11.3 Å². The summed E-state index contributed by atoms with van der Waals surface area (Å²) in [5, 5.41) is 0. The molecule has 0 aromatic heterocycles. The summed E-state index contributed by atoms with van der Waals surface area (Å²) in [6, 6.07) is 0.439. The Bertz CT molecular complexity index is 396. The molecule has 1 saturated carbocycles. The third-order valence-corrected chi connectivity index (χ3v) is 5.52. The number of hydrogen-bond acceptors (Lipinski definition) is 2. The second-order valence-electron chi connectivity index (χ2n) is 6.95. The molecule has 4 heteroatoms. The van der Waals surface area contributed by atoms with Crippen molar-refractivity contribution in [3.05, 3.63) is 0 Å². The van der Waals surface area contributed by atoms with Gasteiger partial charge >= 0.3 is 0 Å². The number of carbonyl (C=O) groups is 2. The first-order valence-electron chi connectivity index (χ1n) is 7.84. The summed E-state index contributed by atoms with van der Waals surface area (Å²) < 4.78 is 0. The lowest BCUT2D eigenvalue weighted by molar-refractivity contribution is -0.131. The van der Waals surface area contributed by atoms with Gasteiger partial charge in [0.15, 0.2) is 0 Å². The Balaban J connectivity index is 2.09. The van der Waals surface area contributed by atoms with Crippen LogP contribution in [0.1, 0.15) is 52.9 Å². The van der Waals surface area contributed by atoms with E-state index in [2.05, 4.69) is 11.8 Å². The van der Waals surface area contributed by atoms with Gasteiger partial charge in [-0.05, 0) is 30.6 Å². The Morgan fingerprint density at radius 3 is 2.50 bits per heavy atom. The van der Waals surface area contributed by atoms with Gasteiger partial charge in [-0.3, -0.25) is 9.59 Å². The van der Waals surface area contributed by atoms with Gasteiger partial charge in [0, 0.05) is 40.0 Å². The third-order valence-electron chi connectivity index (χ3n) is 5.52. The van der Waals surface area contributed by atoms with E-state index in [1.807, 2.05) is 7.05 Å². The van der Waals surface area contributed by atoms with Gasteiger partial charge in [0.1, 0.15) is 0 Å². The predicted molar refractivity (Wildman–Crippen MR) is 79.2 cm³/mol. The van der Waals surface area contributed by atoms with E-state index >= 15 is 0 Å². The first kappa shape index (κ1) is 15.3. The lowest BCUT2D eigenvalue weighted by atomic mass is 9.69. The largest absolute Gasteiger partial charge is 0.346 e. The number of fused-ring (bicyclic) bond motifs is 1. The maximum Gasteiger partial charge on any atom is 0.219 e. The first-order valence-corrected chi connectivity index (χ1v) is 7.84. The monoisotopic (exact) mass is 280 g/mol. The molecule has 3 atom stereocenters. The van der Waals surface area contributed by atoms with Crippen LogP contribution in [0.4, 0.5) is 0 Å². The topological polar surface area (TPSA) is 40.6 Å². The zero-order chi connectivity index (χ0) is 14.9. The van der Waals surface area contributed by atoms with Crippen LogP contribution in [0.15, 0.2) is 0 Å². The summed E-state index contributed by atoms with van der Waals surface area (Å²) in [4.78, 5) is 27.2. The second kappa shape index (κ2) is 5.74. The van der Waals surface area contributed by atoms with Crippen molar-refractivity contribution < 1.29 is 9.59 Å². The van der Waals surface area contributed by atoms with Crippen molar-refractivity contribution in [2.45, 2.75) is 58.9 Å². The molecule has 114 valence electrons. The normalized spacial score (nSPS) is 32.9. The van der Waals surface area contributed by atoms with Gasteiger partial charge in [0.2, 0.25) is 11.8 Å². The van der Waals surface area contributed by atoms with Crippen molar-refractivity contribution in [2.75, 3.05) is 20.1 Å². The summed E-state index contributed by atoms with van der Waals surface area (Å²) in [5.74, 6) is 0.946. The van der Waals surface area contributed by atoms with Gasteiger partial charge in [-0.1, -0.05) is 19.8 Å². The molecule has 0 aromatic carbocycles. The van der Waals surface area contributed by atoms with Crippen LogP contribution in [0.25, 0.3) is 0 Å². The van der Waals surface area contributed by atoms with Gasteiger partial charge in [-0.15, -0.1) is 0 Å². The number of nitrogens with zero attached hydrogens (tertiary/aromatic N) is 2. The predicted octanol–water partition coefficient (Wildman–Crippen LogP) is 2.28. The average molecular weight is 280 g/mol. The summed E-state index contributed by atoms with van der Waals surface area (Å²) in [6.45, 7) is 7.28. The van der Waals surface area contributed by atoms with Crippen molar-refractivity contribution in [3.8, 4) is 0 Å². The molecule has 1 heterocycles. The van der Waals surface area contributed by atoms with E-state index in [4.69, 9.17) is 0 Å². The van der Waals surface area contributed by atoms with Crippen molar-refractivity contribution in [1.29, 1.82) is 0 Å². The number of hydrogen-bond donors (Lipinski definition) is 0. The molecular weight excluding hydrogens is 252 g/mol. The van der Waals surface area contributed by atoms with E-state index in [0.29, 0.717) is 12.0 Å². The fourth-order valence-corrected chi connectivity index (χ4v) is 4.11. The van der Waals surface area contributed by atoms with Crippen LogP contribution < -0.4 is 0 Å². The van der Waals surface area contributed by atoms with Crippen LogP contribution in [0.5, 0.6) is 0 Å². The highest BCUT2D eigenvalue weighted by Gasteiger charge is 2.50. The van der Waals surface area contributed by atoms with Gasteiger partial charge < -0.3 is 9.80 Å².